The predicted molar refractivity (Wildman–Crippen MR) is 76.6 cm³/mol. The normalized spacial score (nSPS) is 13.7. The van der Waals surface area contributed by atoms with Crippen molar-refractivity contribution in [1.29, 1.82) is 0 Å². The molecule has 1 rings (SSSR count). The van der Waals surface area contributed by atoms with Crippen molar-refractivity contribution in [3.8, 4) is 0 Å². The topological polar surface area (TPSA) is 69.4 Å². The summed E-state index contributed by atoms with van der Waals surface area (Å²) in [6, 6.07) is 6.68. The standard InChI is InChI=1S/C14H23NO3S/c1-11(2)12(3)18-8-9-19(16,17)14-6-4-13(10-15)5-7-14/h4-7,11-12H,8-10,15H2,1-3H3. The van der Waals surface area contributed by atoms with E-state index in [-0.39, 0.29) is 18.5 Å². The fourth-order valence-electron chi connectivity index (χ4n) is 1.49. The molecule has 1 aromatic carbocycles. The molecule has 0 heterocycles. The Hall–Kier alpha value is -0.910. The van der Waals surface area contributed by atoms with Gasteiger partial charge in [-0.3, -0.25) is 0 Å². The van der Waals surface area contributed by atoms with Crippen LogP contribution in [0.25, 0.3) is 0 Å². The van der Waals surface area contributed by atoms with Crippen molar-refractivity contribution >= 4 is 9.84 Å². The van der Waals surface area contributed by atoms with Crippen LogP contribution in [0.5, 0.6) is 0 Å². The molecular formula is C14H23NO3S. The first-order valence-electron chi connectivity index (χ1n) is 6.50. The van der Waals surface area contributed by atoms with Crippen molar-refractivity contribution < 1.29 is 13.2 Å². The third-order valence-corrected chi connectivity index (χ3v) is 4.88. The van der Waals surface area contributed by atoms with Crippen LogP contribution < -0.4 is 5.73 Å². The maximum Gasteiger partial charge on any atom is 0.180 e. The van der Waals surface area contributed by atoms with E-state index in [1.54, 1.807) is 24.3 Å². The van der Waals surface area contributed by atoms with E-state index >= 15 is 0 Å². The number of ether oxygens (including phenoxy) is 1. The molecule has 108 valence electrons. The Labute approximate surface area is 115 Å². The Bertz CT molecular complexity index is 480. The second kappa shape index (κ2) is 7.03. The monoisotopic (exact) mass is 285 g/mol. The Morgan fingerprint density at radius 1 is 1.16 bits per heavy atom. The molecule has 1 atom stereocenters. The van der Waals surface area contributed by atoms with E-state index in [0.717, 1.165) is 5.56 Å². The van der Waals surface area contributed by atoms with Gasteiger partial charge in [-0.05, 0) is 30.5 Å². The molecule has 1 unspecified atom stereocenters. The fourth-order valence-corrected chi connectivity index (χ4v) is 2.59. The molecule has 19 heavy (non-hydrogen) atoms. The van der Waals surface area contributed by atoms with Gasteiger partial charge in [0.25, 0.3) is 0 Å². The van der Waals surface area contributed by atoms with E-state index in [9.17, 15) is 8.42 Å². The summed E-state index contributed by atoms with van der Waals surface area (Å²) in [5.41, 5.74) is 6.40. The molecule has 0 aromatic heterocycles. The highest BCUT2D eigenvalue weighted by atomic mass is 32.2. The molecular weight excluding hydrogens is 262 g/mol. The summed E-state index contributed by atoms with van der Waals surface area (Å²) >= 11 is 0. The van der Waals surface area contributed by atoms with Crippen molar-refractivity contribution in [1.82, 2.24) is 0 Å². The van der Waals surface area contributed by atoms with Crippen LogP contribution in [0.2, 0.25) is 0 Å². The molecule has 1 aromatic rings. The highest BCUT2D eigenvalue weighted by Crippen LogP contribution is 2.13. The zero-order valence-electron chi connectivity index (χ0n) is 11.8. The molecule has 0 aliphatic carbocycles. The molecule has 4 nitrogen and oxygen atoms in total. The van der Waals surface area contributed by atoms with Crippen molar-refractivity contribution in [2.75, 3.05) is 12.4 Å². The summed E-state index contributed by atoms with van der Waals surface area (Å²) in [6.07, 6.45) is 0.0646. The first kappa shape index (κ1) is 16.1. The van der Waals surface area contributed by atoms with Gasteiger partial charge in [-0.15, -0.1) is 0 Å². The Balaban J connectivity index is 2.60. The van der Waals surface area contributed by atoms with Crippen molar-refractivity contribution in [2.45, 2.75) is 38.3 Å². The van der Waals surface area contributed by atoms with Crippen molar-refractivity contribution in [3.63, 3.8) is 0 Å². The minimum atomic E-state index is -3.27. The van der Waals surface area contributed by atoms with Gasteiger partial charge in [-0.1, -0.05) is 26.0 Å². The lowest BCUT2D eigenvalue weighted by molar-refractivity contribution is 0.0455. The highest BCUT2D eigenvalue weighted by Gasteiger charge is 2.15. The van der Waals surface area contributed by atoms with Crippen LogP contribution in [-0.4, -0.2) is 26.9 Å². The minimum Gasteiger partial charge on any atom is -0.377 e. The van der Waals surface area contributed by atoms with E-state index in [0.29, 0.717) is 17.4 Å². The quantitative estimate of drug-likeness (QED) is 0.831. The van der Waals surface area contributed by atoms with Crippen LogP contribution in [-0.2, 0) is 21.1 Å². The van der Waals surface area contributed by atoms with Crippen LogP contribution >= 0.6 is 0 Å². The molecule has 0 aliphatic rings. The number of sulfone groups is 1. The highest BCUT2D eigenvalue weighted by molar-refractivity contribution is 7.91. The summed E-state index contributed by atoms with van der Waals surface area (Å²) < 4.78 is 29.7. The number of rotatable bonds is 7. The van der Waals surface area contributed by atoms with E-state index in [1.165, 1.54) is 0 Å². The van der Waals surface area contributed by atoms with Crippen LogP contribution in [0, 0.1) is 5.92 Å². The van der Waals surface area contributed by atoms with Crippen LogP contribution in [0.4, 0.5) is 0 Å². The van der Waals surface area contributed by atoms with E-state index in [1.807, 2.05) is 20.8 Å². The van der Waals surface area contributed by atoms with E-state index in [2.05, 4.69) is 0 Å². The third-order valence-electron chi connectivity index (χ3n) is 3.19. The molecule has 0 amide bonds. The summed E-state index contributed by atoms with van der Waals surface area (Å²) in [5, 5.41) is 0. The second-order valence-electron chi connectivity index (χ2n) is 4.99. The predicted octanol–water partition coefficient (Wildman–Crippen LogP) is 1.98. The SMILES string of the molecule is CC(C)C(C)OCCS(=O)(=O)c1ccc(CN)cc1. The van der Waals surface area contributed by atoms with Gasteiger partial charge in [0.1, 0.15) is 0 Å². The lowest BCUT2D eigenvalue weighted by atomic mass is 10.1. The molecule has 5 heteroatoms. The molecule has 0 fully saturated rings. The number of nitrogens with two attached hydrogens (primary N) is 1. The zero-order valence-corrected chi connectivity index (χ0v) is 12.6. The van der Waals surface area contributed by atoms with Gasteiger partial charge in [-0.2, -0.15) is 0 Å². The average molecular weight is 285 g/mol. The van der Waals surface area contributed by atoms with Gasteiger partial charge in [0.15, 0.2) is 9.84 Å². The van der Waals surface area contributed by atoms with Gasteiger partial charge >= 0.3 is 0 Å². The third kappa shape index (κ3) is 4.93. The van der Waals surface area contributed by atoms with Crippen molar-refractivity contribution in [3.05, 3.63) is 29.8 Å². The number of hydrogen-bond donors (Lipinski definition) is 1. The molecule has 0 saturated carbocycles. The Morgan fingerprint density at radius 3 is 2.21 bits per heavy atom. The zero-order chi connectivity index (χ0) is 14.5. The second-order valence-corrected chi connectivity index (χ2v) is 7.10. The fraction of sp³-hybridized carbons (Fsp3) is 0.571. The number of hydrogen-bond acceptors (Lipinski definition) is 4. The maximum atomic E-state index is 12.1. The maximum absolute atomic E-state index is 12.1. The lowest BCUT2D eigenvalue weighted by Crippen LogP contribution is -2.20. The average Bonchev–Trinajstić information content (AvgIpc) is 2.38. The first-order valence-corrected chi connectivity index (χ1v) is 8.15. The molecule has 0 saturated heterocycles. The minimum absolute atomic E-state index is 0.00598. The smallest absolute Gasteiger partial charge is 0.180 e. The van der Waals surface area contributed by atoms with Gasteiger partial charge in [-0.25, -0.2) is 8.42 Å². The van der Waals surface area contributed by atoms with Gasteiger partial charge in [0, 0.05) is 6.54 Å². The molecule has 0 aliphatic heterocycles. The van der Waals surface area contributed by atoms with Gasteiger partial charge < -0.3 is 10.5 Å². The van der Waals surface area contributed by atoms with Gasteiger partial charge in [0.05, 0.1) is 23.4 Å². The molecule has 0 spiro atoms. The van der Waals surface area contributed by atoms with E-state index < -0.39 is 9.84 Å². The van der Waals surface area contributed by atoms with Crippen LogP contribution in [0.3, 0.4) is 0 Å². The lowest BCUT2D eigenvalue weighted by Gasteiger charge is -2.16. The largest absolute Gasteiger partial charge is 0.377 e. The summed E-state index contributed by atoms with van der Waals surface area (Å²) in [5.74, 6) is 0.387. The Morgan fingerprint density at radius 2 is 1.74 bits per heavy atom. The summed E-state index contributed by atoms with van der Waals surface area (Å²) in [7, 11) is -3.27. The first-order chi connectivity index (χ1) is 8.86. The van der Waals surface area contributed by atoms with Crippen molar-refractivity contribution in [2.24, 2.45) is 11.7 Å². The molecule has 0 radical (unpaired) electrons. The van der Waals surface area contributed by atoms with E-state index in [4.69, 9.17) is 10.5 Å². The van der Waals surface area contributed by atoms with Crippen LogP contribution in [0.1, 0.15) is 26.3 Å². The van der Waals surface area contributed by atoms with Crippen LogP contribution in [0.15, 0.2) is 29.2 Å². The molecule has 0 bridgehead atoms. The number of benzene rings is 1. The Kier molecular flexibility index (Phi) is 5.97. The molecule has 2 N–H and O–H groups in total. The summed E-state index contributed by atoms with van der Waals surface area (Å²) in [6.45, 7) is 6.68. The summed E-state index contributed by atoms with van der Waals surface area (Å²) in [4.78, 5) is 0.325. The van der Waals surface area contributed by atoms with Gasteiger partial charge in [0.2, 0.25) is 0 Å².